The molecule has 0 saturated carbocycles. The Morgan fingerprint density at radius 1 is 0.415 bits per heavy atom. The molecule has 58 heteroatoms. The number of esters is 3. The lowest BCUT2D eigenvalue weighted by Crippen LogP contribution is -2.24. The maximum atomic E-state index is 11.8. The van der Waals surface area contributed by atoms with E-state index in [1.807, 2.05) is 107 Å². The summed E-state index contributed by atoms with van der Waals surface area (Å²) in [6.45, 7) is 23.9. The Kier molecular flexibility index (Phi) is 102. The number of carbonyl (C=O) groups is 3. The van der Waals surface area contributed by atoms with Crippen LogP contribution in [0, 0.1) is 0 Å². The Bertz CT molecular complexity index is 3010. The second-order valence-corrected chi connectivity index (χ2v) is 73.1. The fourth-order valence-electron chi connectivity index (χ4n) is 5.92. The molecule has 0 aliphatic carbocycles. The maximum absolute atomic E-state index is 11.8. The fourth-order valence-corrected chi connectivity index (χ4v) is 43.0. The number of carbonyl (C=O) groups excluding carboxylic acids is 3. The maximum Gasteiger partial charge on any atom is 0.388 e. The van der Waals surface area contributed by atoms with Crippen LogP contribution < -0.4 is 0 Å². The molecular formula is C60H137O31P9S18. The molecule has 0 heterocycles. The molecule has 0 saturated heterocycles. The van der Waals surface area contributed by atoms with Crippen LogP contribution in [0.1, 0.15) is 131 Å². The molecule has 716 valence electrons. The van der Waals surface area contributed by atoms with Crippen LogP contribution in [-0.2, 0) is 243 Å². The summed E-state index contributed by atoms with van der Waals surface area (Å²) in [6.07, 6.45) is 1.06. The van der Waals surface area contributed by atoms with Crippen molar-refractivity contribution in [2.24, 2.45) is 0 Å². The van der Waals surface area contributed by atoms with E-state index in [4.69, 9.17) is 182 Å². The number of thioether (sulfide) groups is 2. The van der Waals surface area contributed by atoms with Gasteiger partial charge in [-0.05, 0) is 181 Å². The van der Waals surface area contributed by atoms with E-state index in [0.29, 0.717) is 98.4 Å². The van der Waals surface area contributed by atoms with Crippen LogP contribution >= 0.6 is 148 Å². The van der Waals surface area contributed by atoms with Crippen molar-refractivity contribution in [3.8, 4) is 0 Å². The van der Waals surface area contributed by atoms with Gasteiger partial charge < -0.3 is 100 Å². The van der Waals surface area contributed by atoms with E-state index >= 15 is 0 Å². The molecule has 0 amide bonds. The van der Waals surface area contributed by atoms with E-state index in [1.165, 1.54) is 88.6 Å². The molecule has 0 rings (SSSR count). The molecule has 0 aromatic rings. The Balaban J connectivity index is -0.000000196. The first-order valence-electron chi connectivity index (χ1n) is 36.0. The Morgan fingerprint density at radius 2 is 0.797 bits per heavy atom. The topological polar surface area (TPSA) is 349 Å². The smallest absolute Gasteiger partial charge is 0.388 e. The molecule has 0 spiro atoms. The lowest BCUT2D eigenvalue weighted by atomic mass is 10.3. The van der Waals surface area contributed by atoms with E-state index < -0.39 is 112 Å². The van der Waals surface area contributed by atoms with Crippen molar-refractivity contribution < 1.29 is 141 Å². The molecule has 5 unspecified atom stereocenters. The van der Waals surface area contributed by atoms with E-state index in [9.17, 15) is 36.1 Å². The van der Waals surface area contributed by atoms with Gasteiger partial charge in [-0.2, -0.15) is 23.5 Å². The Labute approximate surface area is 785 Å². The molecule has 0 N–H and O–H groups in total. The van der Waals surface area contributed by atoms with Gasteiger partial charge in [-0.15, -0.1) is 0 Å². The number of hydrogen-bond acceptors (Lipinski definition) is 46. The highest BCUT2D eigenvalue weighted by molar-refractivity contribution is 8.70. The number of hydrogen-bond donors (Lipinski definition) is 0. The summed E-state index contributed by atoms with van der Waals surface area (Å²) >= 11 is 48.1. The lowest BCUT2D eigenvalue weighted by Gasteiger charge is -2.27. The highest BCUT2D eigenvalue weighted by atomic mass is 32.9. The quantitative estimate of drug-likeness (QED) is 0.0104. The van der Waals surface area contributed by atoms with Gasteiger partial charge >= 0.3 is 51.7 Å². The first-order valence-corrected chi connectivity index (χ1v) is 73.3. The second-order valence-electron chi connectivity index (χ2n) is 19.9. The predicted octanol–water partition coefficient (Wildman–Crippen LogP) is 21.4. The van der Waals surface area contributed by atoms with Crippen LogP contribution in [0.15, 0.2) is 11.8 Å². The molecule has 0 aromatic carbocycles. The number of methoxy groups -OCH3 is 1. The third kappa shape index (κ3) is 81.0. The average Bonchev–Trinajstić information content (AvgIpc) is 0.838. The van der Waals surface area contributed by atoms with Gasteiger partial charge in [-0.25, -0.2) is 18.2 Å². The second kappa shape index (κ2) is 86.6. The standard InChI is InChI=1S/C10H19O6PS2.C8H20O5P2S2.C8H19O3PS3.C7H13O5PS.C7H17O4PS2.2C7H17O2PS3.C6H15O4PS2/c1-5-15-9(11)7-8(10(12)16-6-2)19-17(18,13-3)14-4;1-5-9-14(16,10-6-2)13-15(17,11-7-3)12-8-4;1-4-10-12(13,11-5-2)14-7-8-15(9)6-3;1-6(7(8)9-2)5-12-13(14,10-3)11-4;1-5-14(9)6-7(2)13-12(8,10-3)11-4;1-7(2)12-5-6-13-10(11,8-3)9-4;1-4-8-10(11,9-5-2)13-7-12-6-3;1-4-13(8)6-5-12-11(7,9-2)10-3/h8H,5-7H2,1-4H3;5-8H2,1-4H3;4-8H2,1-3H3;5H,1-4H3;7H,5-6H2,1-4H3;7H,5-6H2,1-4H3;4-7H2,1-3H3;4-6H2,1-3H3/b;;;6-5+;;;;. The monoisotopic (exact) mass is 2210 g/mol. The number of rotatable bonds is 62. The average molecular weight is 2210 g/mol. The van der Waals surface area contributed by atoms with E-state index in [-0.39, 0.29) is 30.5 Å². The van der Waals surface area contributed by atoms with Crippen molar-refractivity contribution in [1.29, 1.82) is 0 Å². The Hall–Kier alpha value is 5.45. The minimum Gasteiger partial charge on any atom is -0.466 e. The molecular weight excluding hydrogens is 2070 g/mol. The summed E-state index contributed by atoms with van der Waals surface area (Å²) in [6, 6.07) is 0. The summed E-state index contributed by atoms with van der Waals surface area (Å²) in [5.41, 5.74) is -8.56. The molecule has 0 aliphatic rings. The minimum absolute atomic E-state index is 0.00140. The van der Waals surface area contributed by atoms with Gasteiger partial charge in [0.15, 0.2) is 0 Å². The van der Waals surface area contributed by atoms with Crippen LogP contribution in [0.5, 0.6) is 0 Å². The molecule has 118 heavy (non-hydrogen) atoms. The summed E-state index contributed by atoms with van der Waals surface area (Å²) in [5.74, 6) is 6.65. The zero-order valence-electron chi connectivity index (χ0n) is 73.6. The number of ether oxygens (including phenoxy) is 3. The highest BCUT2D eigenvalue weighted by Gasteiger charge is 2.34. The first-order chi connectivity index (χ1) is 55.2. The van der Waals surface area contributed by atoms with Gasteiger partial charge in [-0.3, -0.25) is 22.2 Å². The predicted molar refractivity (Wildman–Crippen MR) is 539 cm³/mol. The summed E-state index contributed by atoms with van der Waals surface area (Å²) in [4.78, 5) is 34.2. The van der Waals surface area contributed by atoms with Crippen LogP contribution in [0.25, 0.3) is 0 Å². The van der Waals surface area contributed by atoms with E-state index in [1.54, 1.807) is 50.8 Å². The summed E-state index contributed by atoms with van der Waals surface area (Å²) < 4.78 is 174. The summed E-state index contributed by atoms with van der Waals surface area (Å²) in [7, 11) is 13.1. The van der Waals surface area contributed by atoms with Crippen molar-refractivity contribution in [2.75, 3.05) is 213 Å². The lowest BCUT2D eigenvalue weighted by molar-refractivity contribution is -0.149. The van der Waals surface area contributed by atoms with Gasteiger partial charge in [0.25, 0.3) is 0 Å². The first kappa shape index (κ1) is 139. The molecule has 0 radical (unpaired) electrons. The van der Waals surface area contributed by atoms with Crippen molar-refractivity contribution in [2.45, 2.75) is 147 Å². The zero-order valence-corrected chi connectivity index (χ0v) is 96.3. The fraction of sp³-hybridized carbons (Fsp3) is 0.917. The van der Waals surface area contributed by atoms with Crippen LogP contribution in [-0.4, -0.2) is 259 Å². The van der Waals surface area contributed by atoms with Gasteiger partial charge in [-0.1, -0.05) is 94.0 Å². The van der Waals surface area contributed by atoms with E-state index in [2.05, 4.69) is 25.5 Å². The van der Waals surface area contributed by atoms with Crippen molar-refractivity contribution in [3.05, 3.63) is 11.8 Å². The van der Waals surface area contributed by atoms with Gasteiger partial charge in [0, 0.05) is 183 Å². The van der Waals surface area contributed by atoms with Crippen molar-refractivity contribution >= 4 is 281 Å². The van der Waals surface area contributed by atoms with Crippen molar-refractivity contribution in [3.63, 3.8) is 0 Å². The SMILES string of the molecule is CCOC(=O)CC(SP(=S)(OC)OC)C(=O)OCC.CCOP(=S)(OCC)OP(=S)(OCC)OCC.CCOP(=S)(OCC)SCCS(=O)CC.CCOP(=S)(OCC)SCSCC.CCS(=O)CC(C)SP(=O)(OC)OC.CCS(=O)CCSP(=O)(OC)OC.COC(=O)/C(C)=C/OP(=S)(OC)OC.COP(=S)(OC)SCCSC(C)C. The van der Waals surface area contributed by atoms with Crippen LogP contribution in [0.3, 0.4) is 0 Å². The van der Waals surface area contributed by atoms with Crippen LogP contribution in [0.4, 0.5) is 0 Å². The molecule has 5 atom stereocenters. The van der Waals surface area contributed by atoms with Crippen LogP contribution in [0.2, 0.25) is 0 Å². The molecule has 31 nitrogen and oxygen atoms in total. The molecule has 0 bridgehead atoms. The summed E-state index contributed by atoms with van der Waals surface area (Å²) in [5, 5.41) is 0.864. The molecule has 0 aromatic heterocycles. The van der Waals surface area contributed by atoms with Gasteiger partial charge in [0.2, 0.25) is 22.8 Å². The van der Waals surface area contributed by atoms with Gasteiger partial charge in [0.05, 0.1) is 85.2 Å². The van der Waals surface area contributed by atoms with Gasteiger partial charge in [0.1, 0.15) is 11.5 Å². The molecule has 0 aliphatic heterocycles. The normalized spacial score (nSPS) is 13.4. The highest BCUT2D eigenvalue weighted by Crippen LogP contribution is 2.67. The third-order valence-corrected chi connectivity index (χ3v) is 58.9. The minimum atomic E-state index is -3.02. The third-order valence-electron chi connectivity index (χ3n) is 11.2. The molecule has 0 fully saturated rings. The van der Waals surface area contributed by atoms with E-state index in [0.717, 1.165) is 62.2 Å². The Morgan fingerprint density at radius 3 is 1.13 bits per heavy atom. The largest absolute Gasteiger partial charge is 0.466 e. The zero-order chi connectivity index (χ0) is 93.2. The van der Waals surface area contributed by atoms with Crippen molar-refractivity contribution in [1.82, 2.24) is 0 Å².